The molecule has 0 saturated heterocycles. The topological polar surface area (TPSA) is 0 Å². The SMILES string of the molecule is CCCC(C(C)C)(C(C)P(c1cc(CC)cc(CC)c1)c1cc(CC)cc(CC)c1)C(C)P(c1cc(CC)cc(CC)c1)c1cc(CC)cc(CC)c1. The van der Waals surface area contributed by atoms with Crippen molar-refractivity contribution in [3.63, 3.8) is 0 Å². The standard InChI is InChI=1S/C51H74P2/c1-14-23-51(36(10)11,37(12)52(47-28-39(15-2)24-40(16-3)29-47)48-30-41(17-4)25-42(18-5)31-48)38(13)53(49-32-43(19-6)26-44(20-7)33-49)50-34-45(21-8)27-46(22-9)35-50/h24-38H,14-23H2,1-13H3. The van der Waals surface area contributed by atoms with E-state index in [4.69, 9.17) is 0 Å². The third-order valence-corrected chi connectivity index (χ3v) is 18.4. The monoisotopic (exact) mass is 749 g/mol. The van der Waals surface area contributed by atoms with E-state index in [0.717, 1.165) is 51.4 Å². The van der Waals surface area contributed by atoms with Gasteiger partial charge in [0.05, 0.1) is 0 Å². The molecule has 4 rings (SSSR count). The van der Waals surface area contributed by atoms with E-state index in [-0.39, 0.29) is 5.41 Å². The van der Waals surface area contributed by atoms with Crippen molar-refractivity contribution in [2.75, 3.05) is 0 Å². The Hall–Kier alpha value is -2.26. The highest BCUT2D eigenvalue weighted by molar-refractivity contribution is 7.74. The Morgan fingerprint density at radius 3 is 0.717 bits per heavy atom. The van der Waals surface area contributed by atoms with Gasteiger partial charge in [0.1, 0.15) is 0 Å². The van der Waals surface area contributed by atoms with E-state index in [2.05, 4.69) is 163 Å². The number of hydrogen-bond donors (Lipinski definition) is 0. The molecule has 288 valence electrons. The first-order valence-electron chi connectivity index (χ1n) is 21.6. The third kappa shape index (κ3) is 9.77. The second kappa shape index (κ2) is 20.1. The molecule has 4 aromatic carbocycles. The molecule has 0 spiro atoms. The van der Waals surface area contributed by atoms with Crippen LogP contribution in [0.15, 0.2) is 72.8 Å². The highest BCUT2D eigenvalue weighted by atomic mass is 31.1. The van der Waals surface area contributed by atoms with Crippen LogP contribution in [0.3, 0.4) is 0 Å². The Bertz CT molecular complexity index is 1440. The zero-order chi connectivity index (χ0) is 38.9. The molecule has 0 aliphatic heterocycles. The van der Waals surface area contributed by atoms with Gasteiger partial charge in [-0.05, 0) is 162 Å². The molecule has 0 radical (unpaired) electrons. The van der Waals surface area contributed by atoms with Crippen molar-refractivity contribution in [2.24, 2.45) is 11.3 Å². The van der Waals surface area contributed by atoms with Crippen LogP contribution in [0.4, 0.5) is 0 Å². The van der Waals surface area contributed by atoms with Gasteiger partial charge in [-0.3, -0.25) is 0 Å². The van der Waals surface area contributed by atoms with Gasteiger partial charge in [-0.2, -0.15) is 0 Å². The van der Waals surface area contributed by atoms with E-state index in [0.29, 0.717) is 17.2 Å². The van der Waals surface area contributed by atoms with Gasteiger partial charge in [-0.15, -0.1) is 0 Å². The number of rotatable bonds is 19. The van der Waals surface area contributed by atoms with Crippen LogP contribution < -0.4 is 21.2 Å². The molecule has 0 saturated carbocycles. The molecule has 0 fully saturated rings. The predicted molar refractivity (Wildman–Crippen MR) is 244 cm³/mol. The largest absolute Gasteiger partial charge is 0.0654 e. The lowest BCUT2D eigenvalue weighted by molar-refractivity contribution is 0.165. The second-order valence-electron chi connectivity index (χ2n) is 16.0. The summed E-state index contributed by atoms with van der Waals surface area (Å²) in [5.41, 5.74) is 13.1. The molecular weight excluding hydrogens is 675 g/mol. The Labute approximate surface area is 329 Å². The van der Waals surface area contributed by atoms with E-state index in [1.54, 1.807) is 21.2 Å². The first kappa shape index (κ1) is 43.5. The summed E-state index contributed by atoms with van der Waals surface area (Å²) in [6, 6.07) is 30.8. The van der Waals surface area contributed by atoms with E-state index in [1.807, 2.05) is 0 Å². The van der Waals surface area contributed by atoms with E-state index < -0.39 is 15.8 Å². The maximum atomic E-state index is 2.71. The predicted octanol–water partition coefficient (Wildman–Crippen LogP) is 13.0. The van der Waals surface area contributed by atoms with Crippen molar-refractivity contribution in [1.82, 2.24) is 0 Å². The molecule has 4 aromatic rings. The fraction of sp³-hybridized carbons (Fsp3) is 0.529. The van der Waals surface area contributed by atoms with Crippen LogP contribution in [0, 0.1) is 11.3 Å². The van der Waals surface area contributed by atoms with Crippen molar-refractivity contribution in [3.8, 4) is 0 Å². The summed E-state index contributed by atoms with van der Waals surface area (Å²) in [7, 11) is -1.31. The van der Waals surface area contributed by atoms with Crippen LogP contribution in [0.2, 0.25) is 0 Å². The molecule has 0 amide bonds. The lowest BCUT2D eigenvalue weighted by Gasteiger charge is -2.53. The maximum Gasteiger partial charge on any atom is -0.00920 e. The zero-order valence-corrected chi connectivity index (χ0v) is 37.9. The van der Waals surface area contributed by atoms with Gasteiger partial charge in [0.2, 0.25) is 0 Å². The molecule has 0 N–H and O–H groups in total. The summed E-state index contributed by atoms with van der Waals surface area (Å²) in [5, 5.41) is 6.39. The maximum absolute atomic E-state index is 2.71. The first-order valence-corrected chi connectivity index (χ1v) is 24.4. The van der Waals surface area contributed by atoms with Gasteiger partial charge >= 0.3 is 0 Å². The molecule has 0 nitrogen and oxygen atoms in total. The average Bonchev–Trinajstić information content (AvgIpc) is 3.18. The summed E-state index contributed by atoms with van der Waals surface area (Å²) in [6.07, 6.45) is 11.1. The summed E-state index contributed by atoms with van der Waals surface area (Å²) in [4.78, 5) is 0. The fourth-order valence-electron chi connectivity index (χ4n) is 9.29. The van der Waals surface area contributed by atoms with Crippen molar-refractivity contribution >= 4 is 37.1 Å². The minimum Gasteiger partial charge on any atom is -0.0654 e. The molecule has 0 aliphatic carbocycles. The Morgan fingerprint density at radius 1 is 0.358 bits per heavy atom. The summed E-state index contributed by atoms with van der Waals surface area (Å²) < 4.78 is 0. The summed E-state index contributed by atoms with van der Waals surface area (Å²) in [6.45, 7) is 31.8. The zero-order valence-electron chi connectivity index (χ0n) is 36.1. The average molecular weight is 749 g/mol. The van der Waals surface area contributed by atoms with Crippen molar-refractivity contribution in [3.05, 3.63) is 117 Å². The molecular formula is C51H74P2. The van der Waals surface area contributed by atoms with Crippen LogP contribution in [0.1, 0.15) is 147 Å². The molecule has 0 bridgehead atoms. The first-order chi connectivity index (χ1) is 25.5. The van der Waals surface area contributed by atoms with Crippen LogP contribution in [0.25, 0.3) is 0 Å². The van der Waals surface area contributed by atoms with Crippen LogP contribution in [0.5, 0.6) is 0 Å². The highest BCUT2D eigenvalue weighted by Crippen LogP contribution is 2.61. The van der Waals surface area contributed by atoms with Gasteiger partial charge < -0.3 is 0 Å². The number of hydrogen-bond acceptors (Lipinski definition) is 0. The van der Waals surface area contributed by atoms with E-state index >= 15 is 0 Å². The lowest BCUT2D eigenvalue weighted by Crippen LogP contribution is -2.49. The van der Waals surface area contributed by atoms with Gasteiger partial charge in [-0.1, -0.05) is 169 Å². The number of benzene rings is 4. The van der Waals surface area contributed by atoms with Gasteiger partial charge in [0.25, 0.3) is 0 Å². The second-order valence-corrected chi connectivity index (χ2v) is 21.1. The smallest absolute Gasteiger partial charge is 0.00920 e. The van der Waals surface area contributed by atoms with Gasteiger partial charge in [0.15, 0.2) is 0 Å². The van der Waals surface area contributed by atoms with E-state index in [1.165, 1.54) is 57.3 Å². The minimum absolute atomic E-state index is 0.124. The molecule has 2 heteroatoms. The summed E-state index contributed by atoms with van der Waals surface area (Å²) >= 11 is 0. The Kier molecular flexibility index (Phi) is 16.5. The van der Waals surface area contributed by atoms with Crippen LogP contribution in [-0.4, -0.2) is 11.3 Å². The minimum atomic E-state index is -0.654. The number of aryl methyl sites for hydroxylation is 8. The Morgan fingerprint density at radius 2 is 0.566 bits per heavy atom. The lowest BCUT2D eigenvalue weighted by atomic mass is 9.69. The molecule has 0 aliphatic rings. The molecule has 2 atom stereocenters. The van der Waals surface area contributed by atoms with Crippen molar-refractivity contribution in [1.29, 1.82) is 0 Å². The van der Waals surface area contributed by atoms with Crippen LogP contribution >= 0.6 is 15.8 Å². The Balaban J connectivity index is 2.12. The van der Waals surface area contributed by atoms with Gasteiger partial charge in [0, 0.05) is 0 Å². The highest BCUT2D eigenvalue weighted by Gasteiger charge is 2.50. The summed E-state index contributed by atoms with van der Waals surface area (Å²) in [5.74, 6) is 0.530. The van der Waals surface area contributed by atoms with Crippen LogP contribution in [-0.2, 0) is 51.4 Å². The van der Waals surface area contributed by atoms with Gasteiger partial charge in [-0.25, -0.2) is 0 Å². The molecule has 53 heavy (non-hydrogen) atoms. The molecule has 0 heterocycles. The molecule has 0 aromatic heterocycles. The fourth-order valence-corrected chi connectivity index (χ4v) is 16.5. The quantitative estimate of drug-likeness (QED) is 0.0838. The van der Waals surface area contributed by atoms with Crippen molar-refractivity contribution in [2.45, 2.75) is 166 Å². The normalized spacial score (nSPS) is 14.3. The van der Waals surface area contributed by atoms with E-state index in [9.17, 15) is 0 Å². The third-order valence-electron chi connectivity index (χ3n) is 12.6. The van der Waals surface area contributed by atoms with Crippen molar-refractivity contribution < 1.29 is 0 Å². The molecule has 2 unspecified atom stereocenters.